The van der Waals surface area contributed by atoms with Crippen molar-refractivity contribution in [1.82, 2.24) is 0 Å². The minimum absolute atomic E-state index is 0.0316. The molecule has 0 fully saturated rings. The second kappa shape index (κ2) is 12.4. The van der Waals surface area contributed by atoms with Crippen molar-refractivity contribution in [2.24, 2.45) is 5.41 Å². The number of carbonyl (C=O) groups is 1. The highest BCUT2D eigenvalue weighted by atomic mass is 16.5. The van der Waals surface area contributed by atoms with Gasteiger partial charge in [0.05, 0.1) is 26.4 Å². The van der Waals surface area contributed by atoms with Crippen LogP contribution in [-0.2, 0) is 27.5 Å². The van der Waals surface area contributed by atoms with Crippen LogP contribution in [0.25, 0.3) is 0 Å². The second-order valence-electron chi connectivity index (χ2n) is 8.62. The summed E-state index contributed by atoms with van der Waals surface area (Å²) < 4.78 is 12.4. The quantitative estimate of drug-likeness (QED) is 0.277. The summed E-state index contributed by atoms with van der Waals surface area (Å²) in [6.07, 6.45) is 9.89. The average Bonchev–Trinajstić information content (AvgIpc) is 3.10. The molecule has 0 radical (unpaired) electrons. The highest BCUT2D eigenvalue weighted by Crippen LogP contribution is 2.43. The third-order valence-electron chi connectivity index (χ3n) is 5.81. The van der Waals surface area contributed by atoms with Gasteiger partial charge in [-0.05, 0) is 49.3 Å². The lowest BCUT2D eigenvalue weighted by Gasteiger charge is -2.29. The number of rotatable bonds is 13. The predicted molar refractivity (Wildman–Crippen MR) is 126 cm³/mol. The van der Waals surface area contributed by atoms with Crippen molar-refractivity contribution in [1.29, 1.82) is 0 Å². The van der Waals surface area contributed by atoms with E-state index in [0.717, 1.165) is 32.0 Å². The summed E-state index contributed by atoms with van der Waals surface area (Å²) >= 11 is 0. The standard InChI is InChI=1S/C28H34O3/c1-24-18-28(19-27(24)16-10-2-3-11-17-29,22-30-20-25-12-6-4-7-13-25)23-31-21-26-14-8-5-9-15-26/h4-10,12-17H,2-3,11,18-23H2,1H3/b16-10+. The molecule has 0 heterocycles. The largest absolute Gasteiger partial charge is 0.376 e. The van der Waals surface area contributed by atoms with Gasteiger partial charge in [0.2, 0.25) is 0 Å². The van der Waals surface area contributed by atoms with Gasteiger partial charge in [0, 0.05) is 11.8 Å². The van der Waals surface area contributed by atoms with E-state index in [0.29, 0.717) is 32.8 Å². The number of allylic oxidation sites excluding steroid dienone is 4. The summed E-state index contributed by atoms with van der Waals surface area (Å²) in [6, 6.07) is 20.7. The van der Waals surface area contributed by atoms with Crippen molar-refractivity contribution in [3.8, 4) is 0 Å². The Morgan fingerprint density at radius 1 is 0.839 bits per heavy atom. The third kappa shape index (κ3) is 7.61. The lowest BCUT2D eigenvalue weighted by molar-refractivity contribution is -0.107. The maximum absolute atomic E-state index is 10.5. The van der Waals surface area contributed by atoms with Crippen molar-refractivity contribution < 1.29 is 14.3 Å². The molecule has 0 aliphatic heterocycles. The maximum atomic E-state index is 10.5. The maximum Gasteiger partial charge on any atom is 0.120 e. The van der Waals surface area contributed by atoms with Gasteiger partial charge in [0.15, 0.2) is 0 Å². The summed E-state index contributed by atoms with van der Waals surface area (Å²) in [7, 11) is 0. The van der Waals surface area contributed by atoms with Gasteiger partial charge in [-0.3, -0.25) is 0 Å². The Morgan fingerprint density at radius 2 is 1.42 bits per heavy atom. The van der Waals surface area contributed by atoms with Crippen LogP contribution in [0.1, 0.15) is 50.2 Å². The number of carbonyl (C=O) groups excluding carboxylic acids is 1. The molecule has 0 saturated carbocycles. The molecule has 31 heavy (non-hydrogen) atoms. The first-order chi connectivity index (χ1) is 15.2. The molecule has 0 atom stereocenters. The molecule has 0 unspecified atom stereocenters. The summed E-state index contributed by atoms with van der Waals surface area (Å²) in [5, 5.41) is 0. The zero-order chi connectivity index (χ0) is 21.8. The first-order valence-electron chi connectivity index (χ1n) is 11.2. The van der Waals surface area contributed by atoms with Crippen LogP contribution >= 0.6 is 0 Å². The van der Waals surface area contributed by atoms with Gasteiger partial charge < -0.3 is 14.3 Å². The fourth-order valence-corrected chi connectivity index (χ4v) is 4.20. The Bertz CT molecular complexity index is 807. The van der Waals surface area contributed by atoms with Gasteiger partial charge in [-0.2, -0.15) is 0 Å². The van der Waals surface area contributed by atoms with E-state index in [4.69, 9.17) is 9.47 Å². The SMILES string of the molecule is CC1=C(/C=C/CCCC=O)CC(COCc2ccccc2)(COCc2ccccc2)C1. The molecule has 1 aliphatic rings. The minimum Gasteiger partial charge on any atom is -0.376 e. The van der Waals surface area contributed by atoms with Crippen LogP contribution in [0.3, 0.4) is 0 Å². The third-order valence-corrected chi connectivity index (χ3v) is 5.81. The van der Waals surface area contributed by atoms with E-state index in [9.17, 15) is 4.79 Å². The zero-order valence-electron chi connectivity index (χ0n) is 18.6. The number of hydrogen-bond acceptors (Lipinski definition) is 3. The van der Waals surface area contributed by atoms with Crippen LogP contribution in [0.15, 0.2) is 84.0 Å². The van der Waals surface area contributed by atoms with Crippen molar-refractivity contribution >= 4 is 6.29 Å². The van der Waals surface area contributed by atoms with Crippen LogP contribution in [-0.4, -0.2) is 19.5 Å². The monoisotopic (exact) mass is 418 g/mol. The van der Waals surface area contributed by atoms with Crippen LogP contribution in [0.5, 0.6) is 0 Å². The number of unbranched alkanes of at least 4 members (excludes halogenated alkanes) is 2. The van der Waals surface area contributed by atoms with Gasteiger partial charge in [0.1, 0.15) is 6.29 Å². The first-order valence-corrected chi connectivity index (χ1v) is 11.2. The van der Waals surface area contributed by atoms with E-state index in [1.54, 1.807) is 0 Å². The molecule has 2 aromatic rings. The van der Waals surface area contributed by atoms with Crippen LogP contribution in [0.2, 0.25) is 0 Å². The lowest BCUT2D eigenvalue weighted by atomic mass is 9.85. The fraction of sp³-hybridized carbons (Fsp3) is 0.393. The van der Waals surface area contributed by atoms with E-state index in [1.807, 2.05) is 36.4 Å². The Hall–Kier alpha value is -2.49. The smallest absolute Gasteiger partial charge is 0.120 e. The van der Waals surface area contributed by atoms with E-state index < -0.39 is 0 Å². The summed E-state index contributed by atoms with van der Waals surface area (Å²) in [4.78, 5) is 10.5. The number of aldehydes is 1. The Kier molecular flexibility index (Phi) is 9.26. The molecule has 1 aliphatic carbocycles. The first kappa shape index (κ1) is 23.2. The van der Waals surface area contributed by atoms with Crippen molar-refractivity contribution in [3.05, 3.63) is 95.1 Å². The van der Waals surface area contributed by atoms with E-state index in [2.05, 4.69) is 43.3 Å². The van der Waals surface area contributed by atoms with E-state index >= 15 is 0 Å². The summed E-state index contributed by atoms with van der Waals surface area (Å²) in [5.74, 6) is 0. The molecular weight excluding hydrogens is 384 g/mol. The molecule has 0 bridgehead atoms. The molecule has 164 valence electrons. The molecule has 0 amide bonds. The fourth-order valence-electron chi connectivity index (χ4n) is 4.20. The lowest BCUT2D eigenvalue weighted by Crippen LogP contribution is -2.30. The molecule has 3 nitrogen and oxygen atoms in total. The zero-order valence-corrected chi connectivity index (χ0v) is 18.6. The number of hydrogen-bond donors (Lipinski definition) is 0. The highest BCUT2D eigenvalue weighted by Gasteiger charge is 2.37. The molecule has 3 rings (SSSR count). The summed E-state index contributed by atoms with van der Waals surface area (Å²) in [6.45, 7) is 4.82. The number of ether oxygens (including phenoxy) is 2. The van der Waals surface area contributed by atoms with Gasteiger partial charge >= 0.3 is 0 Å². The van der Waals surface area contributed by atoms with E-state index in [1.165, 1.54) is 22.3 Å². The molecule has 2 aromatic carbocycles. The van der Waals surface area contributed by atoms with E-state index in [-0.39, 0.29) is 5.41 Å². The predicted octanol–water partition coefficient (Wildman–Crippen LogP) is 6.44. The molecular formula is C28H34O3. The second-order valence-corrected chi connectivity index (χ2v) is 8.62. The van der Waals surface area contributed by atoms with Crippen LogP contribution in [0, 0.1) is 5.41 Å². The van der Waals surface area contributed by atoms with Gasteiger partial charge in [0.25, 0.3) is 0 Å². The minimum atomic E-state index is -0.0316. The Labute approximate surface area is 186 Å². The van der Waals surface area contributed by atoms with Crippen molar-refractivity contribution in [3.63, 3.8) is 0 Å². The summed E-state index contributed by atoms with van der Waals surface area (Å²) in [5.41, 5.74) is 5.16. The number of benzene rings is 2. The highest BCUT2D eigenvalue weighted by molar-refractivity contribution is 5.49. The van der Waals surface area contributed by atoms with Crippen molar-refractivity contribution in [2.45, 2.75) is 52.2 Å². The van der Waals surface area contributed by atoms with Crippen LogP contribution in [0.4, 0.5) is 0 Å². The normalized spacial score (nSPS) is 15.6. The average molecular weight is 419 g/mol. The Balaban J connectivity index is 1.59. The molecule has 3 heteroatoms. The van der Waals surface area contributed by atoms with Crippen LogP contribution < -0.4 is 0 Å². The van der Waals surface area contributed by atoms with Gasteiger partial charge in [-0.1, -0.05) is 78.4 Å². The van der Waals surface area contributed by atoms with Gasteiger partial charge in [-0.25, -0.2) is 0 Å². The Morgan fingerprint density at radius 3 is 1.97 bits per heavy atom. The molecule has 0 aromatic heterocycles. The van der Waals surface area contributed by atoms with Crippen molar-refractivity contribution in [2.75, 3.05) is 13.2 Å². The topological polar surface area (TPSA) is 35.5 Å². The molecule has 0 N–H and O–H groups in total. The van der Waals surface area contributed by atoms with Gasteiger partial charge in [-0.15, -0.1) is 0 Å². The molecule has 0 saturated heterocycles. The molecule has 0 spiro atoms.